The molecular weight excluding hydrogens is 364 g/mol. The predicted octanol–water partition coefficient (Wildman–Crippen LogP) is 4.37. The van der Waals surface area contributed by atoms with E-state index in [1.807, 2.05) is 18.2 Å². The van der Waals surface area contributed by atoms with Crippen molar-refractivity contribution in [2.45, 2.75) is 63.9 Å². The molecule has 1 amide bonds. The van der Waals surface area contributed by atoms with Crippen LogP contribution in [0, 0.1) is 0 Å². The van der Waals surface area contributed by atoms with Gasteiger partial charge < -0.3 is 20.1 Å². The highest BCUT2D eigenvalue weighted by molar-refractivity contribution is 5.95. The molecule has 1 aliphatic heterocycles. The number of nitrogens with zero attached hydrogens (tertiary/aromatic N) is 1. The summed E-state index contributed by atoms with van der Waals surface area (Å²) in [7, 11) is 1.71. The summed E-state index contributed by atoms with van der Waals surface area (Å²) in [5.74, 6) is -0.0558. The number of ether oxygens (including phenoxy) is 1. The first-order chi connectivity index (χ1) is 14.2. The summed E-state index contributed by atoms with van der Waals surface area (Å²) in [5, 5.41) is 13.8. The van der Waals surface area contributed by atoms with Crippen LogP contribution < -0.4 is 10.2 Å². The monoisotopic (exact) mass is 400 g/mol. The first-order valence-electron chi connectivity index (χ1n) is 11.2. The Bertz CT molecular complexity index is 701. The molecule has 1 aliphatic carbocycles. The van der Waals surface area contributed by atoms with Gasteiger partial charge >= 0.3 is 0 Å². The van der Waals surface area contributed by atoms with E-state index in [0.29, 0.717) is 18.7 Å². The SMILES string of the molecule is COCCN1CCCCCC(O)c2cc(C(=O)NCCC3=CCCCC3)ccc21. The lowest BCUT2D eigenvalue weighted by Gasteiger charge is -2.28. The number of hydrogen-bond acceptors (Lipinski definition) is 4. The van der Waals surface area contributed by atoms with Gasteiger partial charge in [0.2, 0.25) is 0 Å². The largest absolute Gasteiger partial charge is 0.388 e. The van der Waals surface area contributed by atoms with Crippen LogP contribution in [0.25, 0.3) is 0 Å². The highest BCUT2D eigenvalue weighted by Gasteiger charge is 2.21. The standard InChI is InChI=1S/C24H36N2O3/c1-29-17-16-26-15-7-3-6-10-23(27)21-18-20(11-12-22(21)26)24(28)25-14-13-19-8-4-2-5-9-19/h8,11-12,18,23,27H,2-7,9-10,13-17H2,1H3,(H,25,28). The number of aliphatic hydroxyl groups excluding tert-OH is 1. The Morgan fingerprint density at radius 1 is 1.24 bits per heavy atom. The summed E-state index contributed by atoms with van der Waals surface area (Å²) in [5.41, 5.74) is 3.99. The highest BCUT2D eigenvalue weighted by atomic mass is 16.5. The second-order valence-electron chi connectivity index (χ2n) is 8.23. The number of rotatable bonds is 7. The Morgan fingerprint density at radius 2 is 2.14 bits per heavy atom. The third-order valence-corrected chi connectivity index (χ3v) is 6.08. The van der Waals surface area contributed by atoms with Crippen molar-refractivity contribution in [3.05, 3.63) is 41.0 Å². The van der Waals surface area contributed by atoms with Crippen LogP contribution in [0.5, 0.6) is 0 Å². The first-order valence-corrected chi connectivity index (χ1v) is 11.2. The summed E-state index contributed by atoms with van der Waals surface area (Å²) in [4.78, 5) is 15.0. The molecule has 160 valence electrons. The Labute approximate surface area is 175 Å². The number of nitrogens with one attached hydrogen (secondary N) is 1. The Hall–Kier alpha value is -1.85. The minimum atomic E-state index is -0.534. The van der Waals surface area contributed by atoms with Gasteiger partial charge in [-0.05, 0) is 63.1 Å². The van der Waals surface area contributed by atoms with Gasteiger partial charge in [-0.15, -0.1) is 0 Å². The number of carbonyl (C=O) groups excluding carboxylic acids is 1. The fourth-order valence-corrected chi connectivity index (χ4v) is 4.35. The Morgan fingerprint density at radius 3 is 2.93 bits per heavy atom. The molecule has 5 heteroatoms. The average Bonchev–Trinajstić information content (AvgIpc) is 2.82. The lowest BCUT2D eigenvalue weighted by molar-refractivity contribution is 0.0953. The van der Waals surface area contributed by atoms with E-state index in [9.17, 15) is 9.90 Å². The summed E-state index contributed by atoms with van der Waals surface area (Å²) in [6, 6.07) is 5.77. The lowest BCUT2D eigenvalue weighted by Crippen LogP contribution is -2.30. The van der Waals surface area contributed by atoms with E-state index in [4.69, 9.17) is 4.74 Å². The maximum absolute atomic E-state index is 12.7. The number of aliphatic hydroxyl groups is 1. The van der Waals surface area contributed by atoms with Gasteiger partial charge in [0.15, 0.2) is 0 Å². The van der Waals surface area contributed by atoms with Crippen LogP contribution in [-0.4, -0.2) is 44.4 Å². The first kappa shape index (κ1) is 21.8. The van der Waals surface area contributed by atoms with Crippen molar-refractivity contribution in [3.63, 3.8) is 0 Å². The third kappa shape index (κ3) is 6.31. The van der Waals surface area contributed by atoms with Crippen LogP contribution in [0.3, 0.4) is 0 Å². The third-order valence-electron chi connectivity index (χ3n) is 6.08. The van der Waals surface area contributed by atoms with Crippen molar-refractivity contribution < 1.29 is 14.6 Å². The van der Waals surface area contributed by atoms with Crippen molar-refractivity contribution >= 4 is 11.6 Å². The number of anilines is 1. The van der Waals surface area contributed by atoms with Gasteiger partial charge in [-0.2, -0.15) is 0 Å². The van der Waals surface area contributed by atoms with Crippen molar-refractivity contribution in [2.75, 3.05) is 38.3 Å². The van der Waals surface area contributed by atoms with E-state index in [0.717, 1.165) is 62.9 Å². The normalized spacial score (nSPS) is 20.1. The Balaban J connectivity index is 1.70. The van der Waals surface area contributed by atoms with Gasteiger partial charge in [0.1, 0.15) is 0 Å². The van der Waals surface area contributed by atoms with Crippen molar-refractivity contribution in [3.8, 4) is 0 Å². The zero-order valence-corrected chi connectivity index (χ0v) is 17.8. The average molecular weight is 401 g/mol. The van der Waals surface area contributed by atoms with Crippen LogP contribution in [0.1, 0.15) is 79.8 Å². The number of benzene rings is 1. The molecular formula is C24H36N2O3. The van der Waals surface area contributed by atoms with Crippen LogP contribution in [0.2, 0.25) is 0 Å². The maximum Gasteiger partial charge on any atom is 0.251 e. The fourth-order valence-electron chi connectivity index (χ4n) is 4.35. The van der Waals surface area contributed by atoms with E-state index in [1.165, 1.54) is 24.8 Å². The van der Waals surface area contributed by atoms with Gasteiger partial charge in [-0.1, -0.05) is 24.5 Å². The molecule has 1 aromatic carbocycles. The predicted molar refractivity (Wildman–Crippen MR) is 117 cm³/mol. The molecule has 0 saturated carbocycles. The van der Waals surface area contributed by atoms with Gasteiger partial charge in [-0.25, -0.2) is 0 Å². The molecule has 1 aromatic rings. The number of amides is 1. The zero-order chi connectivity index (χ0) is 20.5. The van der Waals surface area contributed by atoms with Gasteiger partial charge in [0.05, 0.1) is 12.7 Å². The number of fused-ring (bicyclic) bond motifs is 1. The fraction of sp³-hybridized carbons (Fsp3) is 0.625. The minimum absolute atomic E-state index is 0.0558. The molecule has 0 saturated heterocycles. The van der Waals surface area contributed by atoms with Crippen LogP contribution in [0.4, 0.5) is 5.69 Å². The quantitative estimate of drug-likeness (QED) is 0.667. The zero-order valence-electron chi connectivity index (χ0n) is 17.8. The van der Waals surface area contributed by atoms with E-state index in [2.05, 4.69) is 16.3 Å². The smallest absolute Gasteiger partial charge is 0.251 e. The summed E-state index contributed by atoms with van der Waals surface area (Å²) in [6.45, 7) is 3.05. The van der Waals surface area contributed by atoms with E-state index < -0.39 is 6.10 Å². The van der Waals surface area contributed by atoms with Gasteiger partial charge in [0.25, 0.3) is 5.91 Å². The molecule has 0 aromatic heterocycles. The summed E-state index contributed by atoms with van der Waals surface area (Å²) in [6.07, 6.45) is 11.6. The molecule has 29 heavy (non-hydrogen) atoms. The number of carbonyl (C=O) groups is 1. The van der Waals surface area contributed by atoms with Crippen LogP contribution in [0.15, 0.2) is 29.8 Å². The number of hydrogen-bond donors (Lipinski definition) is 2. The van der Waals surface area contributed by atoms with Crippen LogP contribution >= 0.6 is 0 Å². The maximum atomic E-state index is 12.7. The summed E-state index contributed by atoms with van der Waals surface area (Å²) < 4.78 is 5.27. The second-order valence-corrected chi connectivity index (χ2v) is 8.23. The van der Waals surface area contributed by atoms with Crippen molar-refractivity contribution in [1.29, 1.82) is 0 Å². The molecule has 0 spiro atoms. The van der Waals surface area contributed by atoms with Crippen molar-refractivity contribution in [2.24, 2.45) is 0 Å². The molecule has 0 bridgehead atoms. The Kier molecular flexibility index (Phi) is 8.56. The van der Waals surface area contributed by atoms with E-state index in [1.54, 1.807) is 7.11 Å². The molecule has 0 fully saturated rings. The van der Waals surface area contributed by atoms with Crippen molar-refractivity contribution in [1.82, 2.24) is 5.32 Å². The topological polar surface area (TPSA) is 61.8 Å². The van der Waals surface area contributed by atoms with Crippen LogP contribution in [-0.2, 0) is 4.74 Å². The molecule has 2 N–H and O–H groups in total. The minimum Gasteiger partial charge on any atom is -0.388 e. The number of allylic oxidation sites excluding steroid dienone is 1. The molecule has 1 atom stereocenters. The lowest BCUT2D eigenvalue weighted by atomic mass is 9.97. The molecule has 3 rings (SSSR count). The van der Waals surface area contributed by atoms with Gasteiger partial charge in [-0.3, -0.25) is 4.79 Å². The molecule has 1 heterocycles. The molecule has 2 aliphatic rings. The second kappa shape index (κ2) is 11.4. The molecule has 1 unspecified atom stereocenters. The van der Waals surface area contributed by atoms with E-state index >= 15 is 0 Å². The summed E-state index contributed by atoms with van der Waals surface area (Å²) >= 11 is 0. The molecule has 0 radical (unpaired) electrons. The van der Waals surface area contributed by atoms with Gasteiger partial charge in [0, 0.05) is 43.6 Å². The van der Waals surface area contributed by atoms with E-state index in [-0.39, 0.29) is 5.91 Å². The molecule has 5 nitrogen and oxygen atoms in total. The number of methoxy groups -OCH3 is 1. The highest BCUT2D eigenvalue weighted by Crippen LogP contribution is 2.32.